The molecule has 0 saturated carbocycles. The zero-order chi connectivity index (χ0) is 8.60. The van der Waals surface area contributed by atoms with E-state index in [0.29, 0.717) is 4.75 Å². The molecule has 0 radical (unpaired) electrons. The van der Waals surface area contributed by atoms with Gasteiger partial charge in [0.15, 0.2) is 0 Å². The maximum absolute atomic E-state index is 2.36. The highest BCUT2D eigenvalue weighted by Gasteiger charge is 2.31. The minimum absolute atomic E-state index is 0.462. The maximum atomic E-state index is 2.36. The Hall–Kier alpha value is -0.430. The molecule has 0 saturated heterocycles. The van der Waals surface area contributed by atoms with Gasteiger partial charge in [-0.15, -0.1) is 11.8 Å². The van der Waals surface area contributed by atoms with Crippen molar-refractivity contribution in [1.29, 1.82) is 0 Å². The number of thioether (sulfide) groups is 1. The largest absolute Gasteiger partial charge is 0.119 e. The number of benzene rings is 1. The third kappa shape index (κ3) is 1.27. The van der Waals surface area contributed by atoms with Crippen molar-refractivity contribution < 1.29 is 0 Å². The fourth-order valence-electron chi connectivity index (χ4n) is 1.65. The smallest absolute Gasteiger partial charge is 0.0217 e. The first-order valence-electron chi connectivity index (χ1n) is 4.50. The quantitative estimate of drug-likeness (QED) is 0.634. The fourth-order valence-corrected chi connectivity index (χ4v) is 2.97. The van der Waals surface area contributed by atoms with Crippen LogP contribution in [0.1, 0.15) is 25.8 Å². The molecule has 64 valence electrons. The zero-order valence-electron chi connectivity index (χ0n) is 7.63. The van der Waals surface area contributed by atoms with Crippen LogP contribution >= 0.6 is 11.8 Å². The van der Waals surface area contributed by atoms with Crippen LogP contribution in [0.25, 0.3) is 0 Å². The molecular formula is C11H14S. The van der Waals surface area contributed by atoms with E-state index in [1.165, 1.54) is 23.3 Å². The van der Waals surface area contributed by atoms with Crippen molar-refractivity contribution in [1.82, 2.24) is 0 Å². The fraction of sp³-hybridized carbons (Fsp3) is 0.455. The van der Waals surface area contributed by atoms with Crippen molar-refractivity contribution in [2.24, 2.45) is 0 Å². The van der Waals surface area contributed by atoms with Crippen LogP contribution in [0.4, 0.5) is 0 Å². The Labute approximate surface area is 78.4 Å². The highest BCUT2D eigenvalue weighted by Crippen LogP contribution is 2.46. The van der Waals surface area contributed by atoms with E-state index in [1.54, 1.807) is 0 Å². The summed E-state index contributed by atoms with van der Waals surface area (Å²) in [5.41, 5.74) is 1.53. The van der Waals surface area contributed by atoms with E-state index >= 15 is 0 Å². The van der Waals surface area contributed by atoms with Gasteiger partial charge in [-0.2, -0.15) is 0 Å². The normalized spacial score (nSPS) is 27.2. The van der Waals surface area contributed by atoms with E-state index in [0.717, 1.165) is 0 Å². The molecule has 1 aromatic rings. The molecule has 1 aromatic carbocycles. The molecule has 0 bridgehead atoms. The molecular weight excluding hydrogens is 164 g/mol. The lowest BCUT2D eigenvalue weighted by atomic mass is 9.99. The molecule has 1 aliphatic rings. The van der Waals surface area contributed by atoms with Gasteiger partial charge in [0.1, 0.15) is 0 Å². The van der Waals surface area contributed by atoms with Gasteiger partial charge in [0.25, 0.3) is 0 Å². The molecule has 1 atom stereocenters. The van der Waals surface area contributed by atoms with Gasteiger partial charge in [0.2, 0.25) is 0 Å². The lowest BCUT2D eigenvalue weighted by Gasteiger charge is -2.19. The van der Waals surface area contributed by atoms with Gasteiger partial charge in [-0.25, -0.2) is 0 Å². The lowest BCUT2D eigenvalue weighted by Crippen LogP contribution is -2.16. The van der Waals surface area contributed by atoms with Gasteiger partial charge in [-0.1, -0.05) is 25.1 Å². The van der Waals surface area contributed by atoms with Gasteiger partial charge < -0.3 is 0 Å². The minimum Gasteiger partial charge on any atom is -0.119 e. The zero-order valence-corrected chi connectivity index (χ0v) is 8.45. The summed E-state index contributed by atoms with van der Waals surface area (Å²) in [7, 11) is 0. The standard InChI is InChI=1S/C11H14S/c1-3-11(2)8-9-6-4-5-7-10(9)12-11/h4-7H,3,8H2,1-2H3. The van der Waals surface area contributed by atoms with Gasteiger partial charge in [0.05, 0.1) is 0 Å². The molecule has 0 nitrogen and oxygen atoms in total. The summed E-state index contributed by atoms with van der Waals surface area (Å²) < 4.78 is 0.462. The Balaban J connectivity index is 2.33. The monoisotopic (exact) mass is 178 g/mol. The second-order valence-corrected chi connectivity index (χ2v) is 5.32. The molecule has 2 rings (SSSR count). The van der Waals surface area contributed by atoms with Gasteiger partial charge in [-0.05, 0) is 31.4 Å². The number of hydrogen-bond donors (Lipinski definition) is 0. The van der Waals surface area contributed by atoms with Crippen molar-refractivity contribution in [3.63, 3.8) is 0 Å². The summed E-state index contributed by atoms with van der Waals surface area (Å²) in [5, 5.41) is 0. The minimum atomic E-state index is 0.462. The molecule has 0 fully saturated rings. The van der Waals surface area contributed by atoms with Crippen LogP contribution in [-0.2, 0) is 6.42 Å². The first kappa shape index (κ1) is 8.18. The average molecular weight is 178 g/mol. The van der Waals surface area contributed by atoms with Crippen LogP contribution in [0.3, 0.4) is 0 Å². The summed E-state index contributed by atoms with van der Waals surface area (Å²) in [6.07, 6.45) is 2.50. The van der Waals surface area contributed by atoms with Crippen LogP contribution in [0.5, 0.6) is 0 Å². The third-order valence-electron chi connectivity index (χ3n) is 2.64. The van der Waals surface area contributed by atoms with E-state index in [9.17, 15) is 0 Å². The second kappa shape index (κ2) is 2.81. The Bertz CT molecular complexity index is 266. The molecule has 0 aromatic heterocycles. The van der Waals surface area contributed by atoms with E-state index in [4.69, 9.17) is 0 Å². The van der Waals surface area contributed by atoms with Crippen molar-refractivity contribution in [3.05, 3.63) is 29.8 Å². The molecule has 1 heteroatoms. The molecule has 0 aliphatic carbocycles. The van der Waals surface area contributed by atoms with Gasteiger partial charge >= 0.3 is 0 Å². The number of hydrogen-bond acceptors (Lipinski definition) is 1. The summed E-state index contributed by atoms with van der Waals surface area (Å²) >= 11 is 2.04. The predicted octanol–water partition coefficient (Wildman–Crippen LogP) is 3.50. The average Bonchev–Trinajstić information content (AvgIpc) is 2.42. The molecule has 1 heterocycles. The van der Waals surface area contributed by atoms with Crippen molar-refractivity contribution >= 4 is 11.8 Å². The molecule has 0 amide bonds. The van der Waals surface area contributed by atoms with Crippen LogP contribution in [0, 0.1) is 0 Å². The second-order valence-electron chi connectivity index (χ2n) is 3.69. The summed E-state index contributed by atoms with van der Waals surface area (Å²) in [4.78, 5) is 1.49. The topological polar surface area (TPSA) is 0 Å². The maximum Gasteiger partial charge on any atom is 0.0217 e. The third-order valence-corrected chi connectivity index (χ3v) is 4.19. The Morgan fingerprint density at radius 3 is 2.83 bits per heavy atom. The molecule has 0 N–H and O–H groups in total. The molecule has 0 spiro atoms. The molecule has 1 unspecified atom stereocenters. The van der Waals surface area contributed by atoms with E-state index in [-0.39, 0.29) is 0 Å². The summed E-state index contributed by atoms with van der Waals surface area (Å²) in [5.74, 6) is 0. The van der Waals surface area contributed by atoms with Crippen LogP contribution in [0.15, 0.2) is 29.2 Å². The van der Waals surface area contributed by atoms with Crippen molar-refractivity contribution in [2.75, 3.05) is 0 Å². The van der Waals surface area contributed by atoms with Crippen LogP contribution in [-0.4, -0.2) is 4.75 Å². The van der Waals surface area contributed by atoms with Gasteiger partial charge in [-0.3, -0.25) is 0 Å². The molecule has 1 aliphatic heterocycles. The summed E-state index contributed by atoms with van der Waals surface area (Å²) in [6, 6.07) is 8.76. The lowest BCUT2D eigenvalue weighted by molar-refractivity contribution is 0.629. The Kier molecular flexibility index (Phi) is 1.91. The number of rotatable bonds is 1. The van der Waals surface area contributed by atoms with E-state index < -0.39 is 0 Å². The number of fused-ring (bicyclic) bond motifs is 1. The first-order valence-corrected chi connectivity index (χ1v) is 5.32. The van der Waals surface area contributed by atoms with Crippen molar-refractivity contribution in [3.8, 4) is 0 Å². The highest BCUT2D eigenvalue weighted by molar-refractivity contribution is 8.01. The van der Waals surface area contributed by atoms with Crippen LogP contribution < -0.4 is 0 Å². The Morgan fingerprint density at radius 2 is 2.17 bits per heavy atom. The highest BCUT2D eigenvalue weighted by atomic mass is 32.2. The Morgan fingerprint density at radius 1 is 1.42 bits per heavy atom. The SMILES string of the molecule is CCC1(C)Cc2ccccc2S1. The van der Waals surface area contributed by atoms with Gasteiger partial charge in [0, 0.05) is 9.64 Å². The summed E-state index contributed by atoms with van der Waals surface area (Å²) in [6.45, 7) is 4.64. The molecule has 12 heavy (non-hydrogen) atoms. The van der Waals surface area contributed by atoms with Crippen molar-refractivity contribution in [2.45, 2.75) is 36.3 Å². The predicted molar refractivity (Wildman–Crippen MR) is 54.7 cm³/mol. The van der Waals surface area contributed by atoms with E-state index in [2.05, 4.69) is 38.1 Å². The van der Waals surface area contributed by atoms with Crippen LogP contribution in [0.2, 0.25) is 0 Å². The van der Waals surface area contributed by atoms with E-state index in [1.807, 2.05) is 11.8 Å². The first-order chi connectivity index (χ1) is 5.73.